The number of halogens is 1. The molecule has 0 radical (unpaired) electrons. The summed E-state index contributed by atoms with van der Waals surface area (Å²) in [5.41, 5.74) is 3.83. The number of para-hydroxylation sites is 1. The van der Waals surface area contributed by atoms with Crippen LogP contribution in [0.15, 0.2) is 57.8 Å². The van der Waals surface area contributed by atoms with E-state index in [9.17, 15) is 4.79 Å². The van der Waals surface area contributed by atoms with Gasteiger partial charge in [-0.3, -0.25) is 4.57 Å². The zero-order valence-electron chi connectivity index (χ0n) is 15.4. The quantitative estimate of drug-likeness (QED) is 0.501. The molecule has 0 saturated heterocycles. The summed E-state index contributed by atoms with van der Waals surface area (Å²) in [5, 5.41) is 5.49. The third-order valence-corrected chi connectivity index (χ3v) is 5.48. The van der Waals surface area contributed by atoms with E-state index in [0.29, 0.717) is 28.7 Å². The van der Waals surface area contributed by atoms with Crippen LogP contribution < -0.4 is 5.69 Å². The van der Waals surface area contributed by atoms with Crippen LogP contribution in [0.25, 0.3) is 16.6 Å². The summed E-state index contributed by atoms with van der Waals surface area (Å²) in [4.78, 5) is 17.4. The van der Waals surface area contributed by atoms with Crippen LogP contribution in [0.3, 0.4) is 0 Å². The molecular formula is C22H18ClN3O2. The number of aryl methyl sites for hydroxylation is 1. The normalized spacial score (nSPS) is 13.9. The lowest BCUT2D eigenvalue weighted by Crippen LogP contribution is -2.24. The highest BCUT2D eigenvalue weighted by Gasteiger charge is 2.25. The van der Waals surface area contributed by atoms with Crippen molar-refractivity contribution in [3.63, 3.8) is 0 Å². The molecule has 5 rings (SSSR count). The van der Waals surface area contributed by atoms with E-state index in [1.807, 2.05) is 31.2 Å². The van der Waals surface area contributed by atoms with Gasteiger partial charge in [0.05, 0.1) is 27.6 Å². The first kappa shape index (κ1) is 17.2. The van der Waals surface area contributed by atoms with Crippen LogP contribution in [-0.2, 0) is 6.42 Å². The average Bonchev–Trinajstić information content (AvgIpc) is 3.45. The molecule has 0 atom stereocenters. The second-order valence-electron chi connectivity index (χ2n) is 7.28. The predicted molar refractivity (Wildman–Crippen MR) is 108 cm³/mol. The number of nitrogens with zero attached hydrogens (tertiary/aromatic N) is 3. The fraction of sp³-hybridized carbons (Fsp3) is 0.227. The van der Waals surface area contributed by atoms with Gasteiger partial charge in [0.15, 0.2) is 0 Å². The summed E-state index contributed by atoms with van der Waals surface area (Å²) >= 11 is 6.41. The van der Waals surface area contributed by atoms with Crippen molar-refractivity contribution < 1.29 is 4.52 Å². The van der Waals surface area contributed by atoms with E-state index in [1.165, 1.54) is 18.4 Å². The molecule has 4 aromatic rings. The molecular weight excluding hydrogens is 374 g/mol. The zero-order valence-corrected chi connectivity index (χ0v) is 16.1. The van der Waals surface area contributed by atoms with Crippen molar-refractivity contribution in [1.82, 2.24) is 14.7 Å². The van der Waals surface area contributed by atoms with Crippen LogP contribution in [0.2, 0.25) is 5.02 Å². The standard InChI is InChI=1S/C22H18ClN3O2/c1-13-10-16(25-28-13)12-19-17-9-8-15(14-6-7-14)11-21(17)26(22(27)24-19)20-5-3-2-4-18(20)23/h2-5,8-11,14H,6-7,12H2,1H3. The maximum Gasteiger partial charge on any atom is 0.352 e. The van der Waals surface area contributed by atoms with E-state index in [1.54, 1.807) is 10.6 Å². The van der Waals surface area contributed by atoms with Crippen molar-refractivity contribution in [2.24, 2.45) is 0 Å². The highest BCUT2D eigenvalue weighted by atomic mass is 35.5. The van der Waals surface area contributed by atoms with Crippen LogP contribution >= 0.6 is 11.6 Å². The number of fused-ring (bicyclic) bond motifs is 1. The molecule has 1 aliphatic carbocycles. The van der Waals surface area contributed by atoms with Crippen LogP contribution in [-0.4, -0.2) is 14.7 Å². The van der Waals surface area contributed by atoms with Gasteiger partial charge in [-0.25, -0.2) is 4.79 Å². The Bertz CT molecular complexity index is 1250. The van der Waals surface area contributed by atoms with Crippen molar-refractivity contribution in [2.75, 3.05) is 0 Å². The van der Waals surface area contributed by atoms with Crippen LogP contribution in [0.4, 0.5) is 0 Å². The van der Waals surface area contributed by atoms with E-state index in [4.69, 9.17) is 16.1 Å². The van der Waals surface area contributed by atoms with E-state index in [2.05, 4.69) is 28.3 Å². The molecule has 5 nitrogen and oxygen atoms in total. The molecule has 6 heteroatoms. The summed E-state index contributed by atoms with van der Waals surface area (Å²) in [6, 6.07) is 15.5. The minimum absolute atomic E-state index is 0.344. The first-order chi connectivity index (χ1) is 13.6. The molecule has 1 aliphatic rings. The van der Waals surface area contributed by atoms with E-state index >= 15 is 0 Å². The fourth-order valence-corrected chi connectivity index (χ4v) is 3.87. The second kappa shape index (κ2) is 6.60. The van der Waals surface area contributed by atoms with Gasteiger partial charge >= 0.3 is 5.69 Å². The molecule has 2 aromatic carbocycles. The molecule has 0 N–H and O–H groups in total. The van der Waals surface area contributed by atoms with E-state index < -0.39 is 0 Å². The Kier molecular flexibility index (Phi) is 4.05. The van der Waals surface area contributed by atoms with Crippen molar-refractivity contribution >= 4 is 22.5 Å². The first-order valence-corrected chi connectivity index (χ1v) is 9.70. The highest BCUT2D eigenvalue weighted by Crippen LogP contribution is 2.41. The number of aromatic nitrogens is 3. The molecule has 0 amide bonds. The SMILES string of the molecule is Cc1cc(Cc2nc(=O)n(-c3ccccc3Cl)c3cc(C4CC4)ccc23)no1. The molecule has 28 heavy (non-hydrogen) atoms. The summed E-state index contributed by atoms with van der Waals surface area (Å²) in [5.74, 6) is 1.31. The van der Waals surface area contributed by atoms with Crippen molar-refractivity contribution in [1.29, 1.82) is 0 Å². The monoisotopic (exact) mass is 391 g/mol. The largest absolute Gasteiger partial charge is 0.361 e. The third kappa shape index (κ3) is 3.02. The molecule has 2 aromatic heterocycles. The van der Waals surface area contributed by atoms with E-state index in [-0.39, 0.29) is 5.69 Å². The Hall–Kier alpha value is -2.92. The summed E-state index contributed by atoms with van der Waals surface area (Å²) in [7, 11) is 0. The molecule has 0 bridgehead atoms. The maximum absolute atomic E-state index is 13.0. The van der Waals surface area contributed by atoms with E-state index in [0.717, 1.165) is 22.4 Å². The van der Waals surface area contributed by atoms with Gasteiger partial charge in [0.2, 0.25) is 0 Å². The van der Waals surface area contributed by atoms with Crippen LogP contribution in [0.5, 0.6) is 0 Å². The van der Waals surface area contributed by atoms with Gasteiger partial charge in [-0.1, -0.05) is 41.0 Å². The molecule has 1 fully saturated rings. The Labute approximate surface area is 166 Å². The lowest BCUT2D eigenvalue weighted by molar-refractivity contribution is 0.391. The number of benzene rings is 2. The molecule has 1 saturated carbocycles. The van der Waals surface area contributed by atoms with Gasteiger partial charge < -0.3 is 4.52 Å². The smallest absolute Gasteiger partial charge is 0.352 e. The maximum atomic E-state index is 13.0. The minimum atomic E-state index is -0.344. The van der Waals surface area contributed by atoms with Crippen molar-refractivity contribution in [2.45, 2.75) is 32.1 Å². The third-order valence-electron chi connectivity index (χ3n) is 5.16. The highest BCUT2D eigenvalue weighted by molar-refractivity contribution is 6.32. The van der Waals surface area contributed by atoms with Gasteiger partial charge in [0, 0.05) is 17.9 Å². The summed E-state index contributed by atoms with van der Waals surface area (Å²) in [6.45, 7) is 1.85. The topological polar surface area (TPSA) is 60.9 Å². The number of hydrogen-bond donors (Lipinski definition) is 0. The van der Waals surface area contributed by atoms with Gasteiger partial charge in [-0.15, -0.1) is 0 Å². The number of rotatable bonds is 4. The molecule has 2 heterocycles. The lowest BCUT2D eigenvalue weighted by atomic mass is 10.0. The van der Waals surface area contributed by atoms with Gasteiger partial charge in [-0.2, -0.15) is 4.98 Å². The van der Waals surface area contributed by atoms with Gasteiger partial charge in [0.25, 0.3) is 0 Å². The Morgan fingerprint density at radius 2 is 2.00 bits per heavy atom. The second-order valence-corrected chi connectivity index (χ2v) is 7.69. The van der Waals surface area contributed by atoms with Crippen LogP contribution in [0, 0.1) is 6.92 Å². The fourth-order valence-electron chi connectivity index (χ4n) is 3.65. The Balaban J connectivity index is 1.76. The number of hydrogen-bond acceptors (Lipinski definition) is 4. The Morgan fingerprint density at radius 3 is 2.71 bits per heavy atom. The van der Waals surface area contributed by atoms with Gasteiger partial charge in [0.1, 0.15) is 5.76 Å². The van der Waals surface area contributed by atoms with Crippen LogP contribution in [0.1, 0.15) is 41.5 Å². The first-order valence-electron chi connectivity index (χ1n) is 9.33. The predicted octanol–water partition coefficient (Wildman–Crippen LogP) is 4.80. The average molecular weight is 392 g/mol. The molecule has 0 aliphatic heterocycles. The molecule has 140 valence electrons. The zero-order chi connectivity index (χ0) is 19.3. The van der Waals surface area contributed by atoms with Crippen molar-refractivity contribution in [3.05, 3.63) is 86.7 Å². The van der Waals surface area contributed by atoms with Gasteiger partial charge in [-0.05, 0) is 49.4 Å². The molecule has 0 unspecified atom stereocenters. The molecule has 0 spiro atoms. The Morgan fingerprint density at radius 1 is 1.18 bits per heavy atom. The minimum Gasteiger partial charge on any atom is -0.361 e. The lowest BCUT2D eigenvalue weighted by Gasteiger charge is -2.14. The summed E-state index contributed by atoms with van der Waals surface area (Å²) in [6.07, 6.45) is 2.82. The van der Waals surface area contributed by atoms with Crippen molar-refractivity contribution in [3.8, 4) is 5.69 Å². The summed E-state index contributed by atoms with van der Waals surface area (Å²) < 4.78 is 6.78.